The van der Waals surface area contributed by atoms with Gasteiger partial charge in [-0.2, -0.15) is 0 Å². The highest BCUT2D eigenvalue weighted by Crippen LogP contribution is 1.97. The van der Waals surface area contributed by atoms with Crippen molar-refractivity contribution in [3.63, 3.8) is 0 Å². The summed E-state index contributed by atoms with van der Waals surface area (Å²) >= 11 is 0. The van der Waals surface area contributed by atoms with Crippen LogP contribution in [-0.4, -0.2) is 35.0 Å². The maximum absolute atomic E-state index is 10.4. The van der Waals surface area contributed by atoms with Crippen LogP contribution in [0.3, 0.4) is 0 Å². The van der Waals surface area contributed by atoms with E-state index in [0.29, 0.717) is 6.54 Å². The van der Waals surface area contributed by atoms with E-state index >= 15 is 0 Å². The molecule has 0 aromatic heterocycles. The Kier molecular flexibility index (Phi) is 5.67. The molecular weight excluding hydrogens is 170 g/mol. The van der Waals surface area contributed by atoms with E-state index in [2.05, 4.69) is 6.92 Å². The molecule has 0 aliphatic rings. The van der Waals surface area contributed by atoms with Gasteiger partial charge in [0.1, 0.15) is 6.54 Å². The van der Waals surface area contributed by atoms with Gasteiger partial charge in [-0.15, -0.1) is 0 Å². The number of aliphatic carboxylic acids is 1. The summed E-state index contributed by atoms with van der Waals surface area (Å²) in [5.74, 6) is -1.12. The number of unbranched alkanes of at least 4 members (excludes halogenated alkanes) is 2. The lowest BCUT2D eigenvalue weighted by atomic mass is 10.2. The molecule has 5 heteroatoms. The molecule has 0 radical (unpaired) electrons. The smallest absolute Gasteiger partial charge is 0.323 e. The van der Waals surface area contributed by atoms with Crippen LogP contribution < -0.4 is 5.73 Å². The van der Waals surface area contributed by atoms with Crippen molar-refractivity contribution in [2.24, 2.45) is 5.73 Å². The molecule has 0 amide bonds. The van der Waals surface area contributed by atoms with Crippen LogP contribution in [0, 0.1) is 5.41 Å². The summed E-state index contributed by atoms with van der Waals surface area (Å²) in [5, 5.41) is 15.6. The van der Waals surface area contributed by atoms with Crippen molar-refractivity contribution in [1.82, 2.24) is 4.90 Å². The third-order valence-corrected chi connectivity index (χ3v) is 1.70. The third-order valence-electron chi connectivity index (χ3n) is 1.70. The average Bonchev–Trinajstić information content (AvgIpc) is 2.02. The van der Waals surface area contributed by atoms with Gasteiger partial charge in [0.25, 0.3) is 0 Å². The van der Waals surface area contributed by atoms with E-state index in [1.54, 1.807) is 0 Å². The number of hydrogen-bond donors (Lipinski definition) is 3. The Morgan fingerprint density at radius 3 is 2.54 bits per heavy atom. The van der Waals surface area contributed by atoms with Crippen LogP contribution in [0.1, 0.15) is 26.2 Å². The Morgan fingerprint density at radius 1 is 1.54 bits per heavy atom. The lowest BCUT2D eigenvalue weighted by Crippen LogP contribution is -2.40. The molecule has 4 N–H and O–H groups in total. The molecule has 0 aliphatic heterocycles. The highest BCUT2D eigenvalue weighted by molar-refractivity contribution is 5.80. The molecule has 0 bridgehead atoms. The number of guanidine groups is 1. The van der Waals surface area contributed by atoms with Crippen LogP contribution in [-0.2, 0) is 4.79 Å². The molecule has 0 unspecified atom stereocenters. The van der Waals surface area contributed by atoms with Crippen LogP contribution in [0.25, 0.3) is 0 Å². The molecule has 13 heavy (non-hydrogen) atoms. The SMILES string of the molecule is CCCCCN(CC(=O)O)C(=N)N. The first-order chi connectivity index (χ1) is 6.07. The lowest BCUT2D eigenvalue weighted by molar-refractivity contribution is -0.137. The number of hydrogen-bond acceptors (Lipinski definition) is 2. The number of nitrogens with zero attached hydrogens (tertiary/aromatic N) is 1. The Hall–Kier alpha value is -1.26. The summed E-state index contributed by atoms with van der Waals surface area (Å²) in [7, 11) is 0. The van der Waals surface area contributed by atoms with Gasteiger partial charge < -0.3 is 15.7 Å². The summed E-state index contributed by atoms with van der Waals surface area (Å²) < 4.78 is 0. The zero-order valence-corrected chi connectivity index (χ0v) is 7.92. The van der Waals surface area contributed by atoms with Gasteiger partial charge in [0.2, 0.25) is 0 Å². The van der Waals surface area contributed by atoms with Gasteiger partial charge in [0.05, 0.1) is 0 Å². The Balaban J connectivity index is 3.81. The molecular formula is C8H17N3O2. The highest BCUT2D eigenvalue weighted by atomic mass is 16.4. The molecule has 0 spiro atoms. The summed E-state index contributed by atoms with van der Waals surface area (Å²) in [6.45, 7) is 2.43. The van der Waals surface area contributed by atoms with Crippen molar-refractivity contribution in [1.29, 1.82) is 5.41 Å². The van der Waals surface area contributed by atoms with Crippen molar-refractivity contribution in [3.05, 3.63) is 0 Å². The van der Waals surface area contributed by atoms with E-state index in [-0.39, 0.29) is 12.5 Å². The second kappa shape index (κ2) is 6.28. The maximum Gasteiger partial charge on any atom is 0.323 e. The van der Waals surface area contributed by atoms with E-state index in [9.17, 15) is 4.79 Å². The molecule has 5 nitrogen and oxygen atoms in total. The minimum atomic E-state index is -0.952. The fraction of sp³-hybridized carbons (Fsp3) is 0.750. The fourth-order valence-electron chi connectivity index (χ4n) is 1.00. The van der Waals surface area contributed by atoms with E-state index in [1.807, 2.05) is 0 Å². The molecule has 0 rings (SSSR count). The summed E-state index contributed by atoms with van der Waals surface area (Å²) in [6.07, 6.45) is 2.98. The zero-order valence-electron chi connectivity index (χ0n) is 7.92. The van der Waals surface area contributed by atoms with Crippen molar-refractivity contribution in [3.8, 4) is 0 Å². The molecule has 0 saturated heterocycles. The first-order valence-corrected chi connectivity index (χ1v) is 4.38. The van der Waals surface area contributed by atoms with Crippen LogP contribution in [0.2, 0.25) is 0 Å². The van der Waals surface area contributed by atoms with Gasteiger partial charge in [-0.25, -0.2) is 0 Å². The number of nitrogens with one attached hydrogen (secondary N) is 1. The highest BCUT2D eigenvalue weighted by Gasteiger charge is 2.09. The second-order valence-electron chi connectivity index (χ2n) is 2.91. The number of carboxylic acid groups (broad SMARTS) is 1. The monoisotopic (exact) mass is 187 g/mol. The Bertz CT molecular complexity index is 182. The first-order valence-electron chi connectivity index (χ1n) is 4.38. The van der Waals surface area contributed by atoms with Crippen LogP contribution in [0.5, 0.6) is 0 Å². The summed E-state index contributed by atoms with van der Waals surface area (Å²) in [4.78, 5) is 11.7. The number of nitrogens with two attached hydrogens (primary N) is 1. The van der Waals surface area contributed by atoms with Gasteiger partial charge in [-0.1, -0.05) is 19.8 Å². The number of rotatable bonds is 6. The Morgan fingerprint density at radius 2 is 2.15 bits per heavy atom. The van der Waals surface area contributed by atoms with Crippen molar-refractivity contribution < 1.29 is 9.90 Å². The van der Waals surface area contributed by atoms with Crippen molar-refractivity contribution in [2.45, 2.75) is 26.2 Å². The van der Waals surface area contributed by atoms with Gasteiger partial charge in [0, 0.05) is 6.54 Å². The predicted octanol–water partition coefficient (Wildman–Crippen LogP) is 0.457. The Labute approximate surface area is 78.0 Å². The minimum absolute atomic E-state index is 0.168. The number of carboxylic acids is 1. The van der Waals surface area contributed by atoms with Crippen LogP contribution in [0.4, 0.5) is 0 Å². The topological polar surface area (TPSA) is 90.4 Å². The minimum Gasteiger partial charge on any atom is -0.480 e. The average molecular weight is 187 g/mol. The van der Waals surface area contributed by atoms with Crippen molar-refractivity contribution >= 4 is 11.9 Å². The molecule has 0 saturated carbocycles. The van der Waals surface area contributed by atoms with E-state index < -0.39 is 5.97 Å². The number of carbonyl (C=O) groups is 1. The van der Waals surface area contributed by atoms with Gasteiger partial charge in [-0.05, 0) is 6.42 Å². The second-order valence-corrected chi connectivity index (χ2v) is 2.91. The normalized spacial score (nSPS) is 9.62. The van der Waals surface area contributed by atoms with Crippen LogP contribution in [0.15, 0.2) is 0 Å². The molecule has 0 heterocycles. The predicted molar refractivity (Wildman–Crippen MR) is 50.6 cm³/mol. The molecule has 0 fully saturated rings. The molecule has 0 atom stereocenters. The fourth-order valence-corrected chi connectivity index (χ4v) is 1.00. The zero-order chi connectivity index (χ0) is 10.3. The third kappa shape index (κ3) is 5.95. The summed E-state index contributed by atoms with van der Waals surface area (Å²) in [5.41, 5.74) is 5.21. The van der Waals surface area contributed by atoms with E-state index in [1.165, 1.54) is 4.90 Å². The van der Waals surface area contributed by atoms with E-state index in [0.717, 1.165) is 19.3 Å². The maximum atomic E-state index is 10.4. The van der Waals surface area contributed by atoms with Crippen molar-refractivity contribution in [2.75, 3.05) is 13.1 Å². The standard InChI is InChI=1S/C8H17N3O2/c1-2-3-4-5-11(8(9)10)6-7(12)13/h2-6H2,1H3,(H3,9,10)(H,12,13). The molecule has 0 aromatic carbocycles. The summed E-state index contributed by atoms with van der Waals surface area (Å²) in [6, 6.07) is 0. The van der Waals surface area contributed by atoms with Gasteiger partial charge >= 0.3 is 5.97 Å². The molecule has 0 aromatic rings. The molecule has 0 aliphatic carbocycles. The first kappa shape index (κ1) is 11.7. The molecule has 76 valence electrons. The lowest BCUT2D eigenvalue weighted by Gasteiger charge is -2.19. The van der Waals surface area contributed by atoms with Crippen LogP contribution >= 0.6 is 0 Å². The van der Waals surface area contributed by atoms with Gasteiger partial charge in [0.15, 0.2) is 5.96 Å². The largest absolute Gasteiger partial charge is 0.480 e. The van der Waals surface area contributed by atoms with Gasteiger partial charge in [-0.3, -0.25) is 10.2 Å². The van der Waals surface area contributed by atoms with E-state index in [4.69, 9.17) is 16.2 Å². The quantitative estimate of drug-likeness (QED) is 0.320.